The van der Waals surface area contributed by atoms with E-state index in [1.54, 1.807) is 0 Å². The Morgan fingerprint density at radius 2 is 2.60 bits per heavy atom. The van der Waals surface area contributed by atoms with Gasteiger partial charge in [0, 0.05) is 6.54 Å². The van der Waals surface area contributed by atoms with Crippen LogP contribution >= 0.6 is 15.9 Å². The van der Waals surface area contributed by atoms with Gasteiger partial charge in [-0.25, -0.2) is 4.98 Å². The van der Waals surface area contributed by atoms with Gasteiger partial charge in [-0.2, -0.15) is 0 Å². The van der Waals surface area contributed by atoms with E-state index in [1.165, 1.54) is 0 Å². The SMILES string of the molecule is Brc1ncc2n1CCOC2. The van der Waals surface area contributed by atoms with Crippen LogP contribution in [0.25, 0.3) is 0 Å². The minimum absolute atomic E-state index is 0.693. The molecule has 1 aliphatic rings. The fourth-order valence-corrected chi connectivity index (χ4v) is 1.58. The summed E-state index contributed by atoms with van der Waals surface area (Å²) in [5.41, 5.74) is 1.15. The Bertz CT molecular complexity index is 246. The lowest BCUT2D eigenvalue weighted by molar-refractivity contribution is 0.0842. The fourth-order valence-electron chi connectivity index (χ4n) is 1.07. The van der Waals surface area contributed by atoms with E-state index in [-0.39, 0.29) is 0 Å². The molecule has 0 saturated heterocycles. The summed E-state index contributed by atoms with van der Waals surface area (Å²) in [7, 11) is 0. The third-order valence-corrected chi connectivity index (χ3v) is 2.23. The molecule has 0 aromatic carbocycles. The molecular formula is C6H7BrN2O. The molecule has 0 radical (unpaired) electrons. The van der Waals surface area contributed by atoms with Crippen molar-refractivity contribution in [1.29, 1.82) is 0 Å². The quantitative estimate of drug-likeness (QED) is 0.632. The van der Waals surface area contributed by atoms with Gasteiger partial charge in [0.05, 0.1) is 25.1 Å². The summed E-state index contributed by atoms with van der Waals surface area (Å²) in [4.78, 5) is 4.10. The van der Waals surface area contributed by atoms with Gasteiger partial charge in [0.1, 0.15) is 0 Å². The van der Waals surface area contributed by atoms with Crippen molar-refractivity contribution in [2.45, 2.75) is 13.2 Å². The van der Waals surface area contributed by atoms with E-state index in [9.17, 15) is 0 Å². The Labute approximate surface area is 67.1 Å². The van der Waals surface area contributed by atoms with Gasteiger partial charge >= 0.3 is 0 Å². The van der Waals surface area contributed by atoms with Crippen molar-refractivity contribution in [2.75, 3.05) is 6.61 Å². The van der Waals surface area contributed by atoms with Crippen LogP contribution < -0.4 is 0 Å². The van der Waals surface area contributed by atoms with Crippen molar-refractivity contribution in [3.05, 3.63) is 16.6 Å². The van der Waals surface area contributed by atoms with E-state index in [4.69, 9.17) is 4.74 Å². The number of hydrogen-bond donors (Lipinski definition) is 0. The Hall–Kier alpha value is -0.350. The number of fused-ring (bicyclic) bond motifs is 1. The van der Waals surface area contributed by atoms with Gasteiger partial charge in [0.15, 0.2) is 4.73 Å². The van der Waals surface area contributed by atoms with E-state index in [0.29, 0.717) is 6.61 Å². The number of rotatable bonds is 0. The van der Waals surface area contributed by atoms with Crippen LogP contribution in [0, 0.1) is 0 Å². The van der Waals surface area contributed by atoms with Crippen LogP contribution in [0.5, 0.6) is 0 Å². The number of halogens is 1. The molecule has 1 aliphatic heterocycles. The summed E-state index contributed by atoms with van der Waals surface area (Å²) in [6.45, 7) is 2.40. The molecule has 2 rings (SSSR count). The summed E-state index contributed by atoms with van der Waals surface area (Å²) in [5, 5.41) is 0. The average Bonchev–Trinajstić information content (AvgIpc) is 2.34. The summed E-state index contributed by atoms with van der Waals surface area (Å²) in [6.07, 6.45) is 1.84. The topological polar surface area (TPSA) is 27.1 Å². The molecule has 0 saturated carbocycles. The molecule has 54 valence electrons. The fraction of sp³-hybridized carbons (Fsp3) is 0.500. The van der Waals surface area contributed by atoms with Crippen LogP contribution in [0.4, 0.5) is 0 Å². The molecule has 10 heavy (non-hydrogen) atoms. The average molecular weight is 203 g/mol. The van der Waals surface area contributed by atoms with Gasteiger partial charge in [-0.3, -0.25) is 0 Å². The molecule has 3 nitrogen and oxygen atoms in total. The smallest absolute Gasteiger partial charge is 0.177 e. The van der Waals surface area contributed by atoms with Crippen LogP contribution in [-0.4, -0.2) is 16.2 Å². The van der Waals surface area contributed by atoms with Crippen LogP contribution in [0.3, 0.4) is 0 Å². The van der Waals surface area contributed by atoms with Crippen molar-refractivity contribution < 1.29 is 4.74 Å². The van der Waals surface area contributed by atoms with E-state index >= 15 is 0 Å². The maximum atomic E-state index is 5.23. The van der Waals surface area contributed by atoms with Crippen LogP contribution in [-0.2, 0) is 17.9 Å². The number of ether oxygens (including phenoxy) is 1. The molecule has 0 atom stereocenters. The largest absolute Gasteiger partial charge is 0.373 e. The van der Waals surface area contributed by atoms with Gasteiger partial charge in [-0.05, 0) is 15.9 Å². The second-order valence-electron chi connectivity index (χ2n) is 2.22. The molecule has 0 aliphatic carbocycles. The van der Waals surface area contributed by atoms with Crippen LogP contribution in [0.1, 0.15) is 5.69 Å². The van der Waals surface area contributed by atoms with Crippen molar-refractivity contribution in [3.63, 3.8) is 0 Å². The molecule has 0 bridgehead atoms. The Kier molecular flexibility index (Phi) is 1.50. The number of hydrogen-bond acceptors (Lipinski definition) is 2. The first-order valence-corrected chi connectivity index (χ1v) is 3.95. The van der Waals surface area contributed by atoms with Gasteiger partial charge in [0.25, 0.3) is 0 Å². The molecule has 0 fully saturated rings. The number of imidazole rings is 1. The zero-order valence-corrected chi connectivity index (χ0v) is 6.97. The highest BCUT2D eigenvalue weighted by Gasteiger charge is 2.11. The zero-order chi connectivity index (χ0) is 6.97. The van der Waals surface area contributed by atoms with Crippen LogP contribution in [0.2, 0.25) is 0 Å². The summed E-state index contributed by atoms with van der Waals surface area (Å²) in [6, 6.07) is 0. The molecule has 0 spiro atoms. The molecule has 2 heterocycles. The Morgan fingerprint density at radius 1 is 1.70 bits per heavy atom. The van der Waals surface area contributed by atoms with Gasteiger partial charge in [0.2, 0.25) is 0 Å². The predicted octanol–water partition coefficient (Wildman–Crippen LogP) is 1.18. The molecular weight excluding hydrogens is 196 g/mol. The first-order valence-electron chi connectivity index (χ1n) is 3.15. The lowest BCUT2D eigenvalue weighted by atomic mass is 10.4. The second kappa shape index (κ2) is 2.36. The van der Waals surface area contributed by atoms with Gasteiger partial charge in [-0.1, -0.05) is 0 Å². The Balaban J connectivity index is 2.45. The lowest BCUT2D eigenvalue weighted by Gasteiger charge is -2.14. The minimum atomic E-state index is 0.693. The van der Waals surface area contributed by atoms with Crippen molar-refractivity contribution in [1.82, 2.24) is 9.55 Å². The third kappa shape index (κ3) is 0.876. The van der Waals surface area contributed by atoms with Crippen molar-refractivity contribution >= 4 is 15.9 Å². The normalized spacial score (nSPS) is 16.9. The third-order valence-electron chi connectivity index (χ3n) is 1.60. The lowest BCUT2D eigenvalue weighted by Crippen LogP contribution is -2.15. The minimum Gasteiger partial charge on any atom is -0.373 e. The van der Waals surface area contributed by atoms with E-state index in [1.807, 2.05) is 6.20 Å². The molecule has 1 aromatic rings. The first kappa shape index (κ1) is 6.37. The Morgan fingerprint density at radius 3 is 3.40 bits per heavy atom. The highest BCUT2D eigenvalue weighted by atomic mass is 79.9. The van der Waals surface area contributed by atoms with Crippen LogP contribution in [0.15, 0.2) is 10.9 Å². The van der Waals surface area contributed by atoms with E-state index in [2.05, 4.69) is 25.5 Å². The molecule has 0 amide bonds. The number of nitrogens with zero attached hydrogens (tertiary/aromatic N) is 2. The highest BCUT2D eigenvalue weighted by Crippen LogP contribution is 2.15. The predicted molar refractivity (Wildman–Crippen MR) is 39.6 cm³/mol. The van der Waals surface area contributed by atoms with E-state index < -0.39 is 0 Å². The zero-order valence-electron chi connectivity index (χ0n) is 5.38. The van der Waals surface area contributed by atoms with Gasteiger partial charge < -0.3 is 9.30 Å². The molecule has 0 unspecified atom stereocenters. The van der Waals surface area contributed by atoms with E-state index in [0.717, 1.165) is 23.6 Å². The first-order chi connectivity index (χ1) is 4.88. The van der Waals surface area contributed by atoms with Crippen molar-refractivity contribution in [2.24, 2.45) is 0 Å². The number of aromatic nitrogens is 2. The summed E-state index contributed by atoms with van der Waals surface area (Å²) >= 11 is 3.35. The maximum absolute atomic E-state index is 5.23. The van der Waals surface area contributed by atoms with Gasteiger partial charge in [-0.15, -0.1) is 0 Å². The summed E-state index contributed by atoms with van der Waals surface area (Å²) < 4.78 is 8.25. The maximum Gasteiger partial charge on any atom is 0.177 e. The molecule has 4 heteroatoms. The summed E-state index contributed by atoms with van der Waals surface area (Å²) in [5.74, 6) is 0. The molecule has 1 aromatic heterocycles. The highest BCUT2D eigenvalue weighted by molar-refractivity contribution is 9.10. The molecule has 0 N–H and O–H groups in total. The second-order valence-corrected chi connectivity index (χ2v) is 2.93. The van der Waals surface area contributed by atoms with Crippen molar-refractivity contribution in [3.8, 4) is 0 Å². The standard InChI is InChI=1S/C6H7BrN2O/c7-6-8-3-5-4-10-2-1-9(5)6/h3H,1-2,4H2. The monoisotopic (exact) mass is 202 g/mol.